The molecule has 0 spiro atoms. The molecular formula is C34H40N2O6. The zero-order valence-corrected chi connectivity index (χ0v) is 25.1. The van der Waals surface area contributed by atoms with Crippen molar-refractivity contribution in [3.63, 3.8) is 0 Å². The predicted octanol–water partition coefficient (Wildman–Crippen LogP) is 5.32. The molecule has 8 nitrogen and oxygen atoms in total. The average Bonchev–Trinajstić information content (AvgIpc) is 3.18. The standard InChI is InChI=1S/C34H40N2O6/c1-34(2,3)42-31(37)15-14-24-20-25(16-17-36-32(38)27-10-6-7-11-28(27)33(36)39)22-26(21-24)23-41-30-13-9-8-12-29(30)40-19-18-35(4)5/h6-13,20-22H,14-19,23H2,1-5H3. The SMILES string of the molecule is CN(C)CCOc1ccccc1OCc1cc(CCC(=O)OC(C)(C)C)cc(CCN2C(=O)c3ccccc3C2=O)c1. The van der Waals surface area contributed by atoms with Crippen molar-refractivity contribution in [1.82, 2.24) is 9.80 Å². The first-order chi connectivity index (χ1) is 20.0. The van der Waals surface area contributed by atoms with Crippen molar-refractivity contribution < 1.29 is 28.6 Å². The molecule has 0 unspecified atom stereocenters. The Kier molecular flexibility index (Phi) is 10.0. The monoisotopic (exact) mass is 572 g/mol. The maximum atomic E-state index is 12.9. The number of aryl methyl sites for hydroxylation is 1. The van der Waals surface area contributed by atoms with Gasteiger partial charge in [0, 0.05) is 19.5 Å². The summed E-state index contributed by atoms with van der Waals surface area (Å²) in [6.45, 7) is 7.41. The van der Waals surface area contributed by atoms with Crippen molar-refractivity contribution in [3.8, 4) is 11.5 Å². The van der Waals surface area contributed by atoms with Crippen molar-refractivity contribution in [2.24, 2.45) is 0 Å². The Labute approximate surface area is 248 Å². The number of hydrogen-bond donors (Lipinski definition) is 0. The summed E-state index contributed by atoms with van der Waals surface area (Å²) in [6, 6.07) is 20.5. The van der Waals surface area contributed by atoms with Crippen LogP contribution in [0.15, 0.2) is 66.7 Å². The van der Waals surface area contributed by atoms with E-state index in [1.807, 2.05) is 77.3 Å². The minimum absolute atomic E-state index is 0.238. The molecule has 0 atom stereocenters. The molecule has 1 heterocycles. The van der Waals surface area contributed by atoms with Crippen molar-refractivity contribution in [1.29, 1.82) is 0 Å². The van der Waals surface area contributed by atoms with Gasteiger partial charge in [-0.25, -0.2) is 0 Å². The molecule has 0 saturated carbocycles. The molecule has 3 aromatic rings. The summed E-state index contributed by atoms with van der Waals surface area (Å²) < 4.78 is 17.6. The summed E-state index contributed by atoms with van der Waals surface area (Å²) in [5.74, 6) is 0.506. The van der Waals surface area contributed by atoms with Gasteiger partial charge < -0.3 is 19.1 Å². The minimum Gasteiger partial charge on any atom is -0.488 e. The molecule has 0 aromatic heterocycles. The van der Waals surface area contributed by atoms with Crippen LogP contribution in [-0.4, -0.2) is 67.0 Å². The van der Waals surface area contributed by atoms with Crippen LogP contribution in [0, 0.1) is 0 Å². The van der Waals surface area contributed by atoms with E-state index in [0.717, 1.165) is 23.2 Å². The molecule has 0 fully saturated rings. The molecule has 8 heteroatoms. The van der Waals surface area contributed by atoms with E-state index in [2.05, 4.69) is 4.90 Å². The normalized spacial score (nSPS) is 13.0. The number of benzene rings is 3. The number of amides is 2. The number of carbonyl (C=O) groups is 3. The van der Waals surface area contributed by atoms with E-state index in [-0.39, 0.29) is 37.4 Å². The predicted molar refractivity (Wildman–Crippen MR) is 161 cm³/mol. The quantitative estimate of drug-likeness (QED) is 0.202. The van der Waals surface area contributed by atoms with Gasteiger partial charge in [-0.3, -0.25) is 19.3 Å². The van der Waals surface area contributed by atoms with Crippen LogP contribution in [0.1, 0.15) is 64.6 Å². The molecule has 0 bridgehead atoms. The molecule has 1 aliphatic heterocycles. The highest BCUT2D eigenvalue weighted by Crippen LogP contribution is 2.28. The van der Waals surface area contributed by atoms with Crippen molar-refractivity contribution in [2.75, 3.05) is 33.8 Å². The van der Waals surface area contributed by atoms with E-state index in [4.69, 9.17) is 14.2 Å². The zero-order valence-electron chi connectivity index (χ0n) is 25.1. The number of rotatable bonds is 13. The summed E-state index contributed by atoms with van der Waals surface area (Å²) in [4.78, 5) is 41.5. The molecule has 222 valence electrons. The maximum absolute atomic E-state index is 12.9. The summed E-state index contributed by atoms with van der Waals surface area (Å²) >= 11 is 0. The van der Waals surface area contributed by atoms with Crippen molar-refractivity contribution >= 4 is 17.8 Å². The van der Waals surface area contributed by atoms with Crippen LogP contribution in [0.3, 0.4) is 0 Å². The highest BCUT2D eigenvalue weighted by molar-refractivity contribution is 6.21. The second kappa shape index (κ2) is 13.7. The van der Waals surface area contributed by atoms with Gasteiger partial charge in [-0.15, -0.1) is 0 Å². The highest BCUT2D eigenvalue weighted by Gasteiger charge is 2.34. The van der Waals surface area contributed by atoms with E-state index < -0.39 is 5.60 Å². The number of hydrogen-bond acceptors (Lipinski definition) is 7. The topological polar surface area (TPSA) is 85.4 Å². The van der Waals surface area contributed by atoms with Gasteiger partial charge in [0.2, 0.25) is 0 Å². The van der Waals surface area contributed by atoms with Crippen LogP contribution in [0.5, 0.6) is 11.5 Å². The lowest BCUT2D eigenvalue weighted by molar-refractivity contribution is -0.154. The molecule has 0 aliphatic carbocycles. The molecule has 42 heavy (non-hydrogen) atoms. The summed E-state index contributed by atoms with van der Waals surface area (Å²) in [6.07, 6.45) is 1.21. The second-order valence-corrected chi connectivity index (χ2v) is 11.7. The van der Waals surface area contributed by atoms with Crippen molar-refractivity contribution in [2.45, 2.75) is 52.2 Å². The summed E-state index contributed by atoms with van der Waals surface area (Å²) in [7, 11) is 3.99. The lowest BCUT2D eigenvalue weighted by Crippen LogP contribution is -2.31. The molecule has 4 rings (SSSR count). The Hall–Kier alpha value is -4.17. The third-order valence-corrected chi connectivity index (χ3v) is 6.69. The first kappa shape index (κ1) is 30.8. The fourth-order valence-electron chi connectivity index (χ4n) is 4.72. The first-order valence-electron chi connectivity index (χ1n) is 14.3. The highest BCUT2D eigenvalue weighted by atomic mass is 16.6. The zero-order chi connectivity index (χ0) is 30.3. The number of carbonyl (C=O) groups excluding carboxylic acids is 3. The number of likely N-dealkylation sites (N-methyl/N-ethyl adjacent to an activating group) is 1. The molecule has 0 N–H and O–H groups in total. The van der Waals surface area contributed by atoms with Gasteiger partial charge in [-0.2, -0.15) is 0 Å². The Morgan fingerprint density at radius 2 is 1.33 bits per heavy atom. The van der Waals surface area contributed by atoms with E-state index in [1.54, 1.807) is 24.3 Å². The number of nitrogens with zero attached hydrogens (tertiary/aromatic N) is 2. The molecule has 0 saturated heterocycles. The lowest BCUT2D eigenvalue weighted by atomic mass is 10.0. The minimum atomic E-state index is -0.549. The van der Waals surface area contributed by atoms with Crippen LogP contribution < -0.4 is 9.47 Å². The van der Waals surface area contributed by atoms with Gasteiger partial charge in [-0.1, -0.05) is 42.5 Å². The molecule has 0 radical (unpaired) electrons. The van der Waals surface area contributed by atoms with E-state index in [9.17, 15) is 14.4 Å². The lowest BCUT2D eigenvalue weighted by Gasteiger charge is -2.19. The van der Waals surface area contributed by atoms with Crippen LogP contribution in [0.2, 0.25) is 0 Å². The number of fused-ring (bicyclic) bond motifs is 1. The molecular weight excluding hydrogens is 532 g/mol. The van der Waals surface area contributed by atoms with Gasteiger partial charge in [0.25, 0.3) is 11.8 Å². The van der Waals surface area contributed by atoms with Crippen LogP contribution >= 0.6 is 0 Å². The Bertz CT molecular complexity index is 1390. The first-order valence-corrected chi connectivity index (χ1v) is 14.3. The fraction of sp³-hybridized carbons (Fsp3) is 0.382. The van der Waals surface area contributed by atoms with Crippen LogP contribution in [0.25, 0.3) is 0 Å². The van der Waals surface area contributed by atoms with Crippen molar-refractivity contribution in [3.05, 3.63) is 94.5 Å². The molecule has 3 aromatic carbocycles. The van der Waals surface area contributed by atoms with Gasteiger partial charge in [0.05, 0.1) is 11.1 Å². The average molecular weight is 573 g/mol. The number of imide groups is 1. The van der Waals surface area contributed by atoms with Gasteiger partial charge in [0.1, 0.15) is 18.8 Å². The van der Waals surface area contributed by atoms with Gasteiger partial charge in [0.15, 0.2) is 11.5 Å². The second-order valence-electron chi connectivity index (χ2n) is 11.7. The van der Waals surface area contributed by atoms with Gasteiger partial charge in [-0.05, 0) is 88.7 Å². The van der Waals surface area contributed by atoms with E-state index >= 15 is 0 Å². The Morgan fingerprint density at radius 3 is 1.93 bits per heavy atom. The van der Waals surface area contributed by atoms with Gasteiger partial charge >= 0.3 is 5.97 Å². The molecule has 2 amide bonds. The third kappa shape index (κ3) is 8.42. The Balaban J connectivity index is 1.49. The summed E-state index contributed by atoms with van der Waals surface area (Å²) in [5, 5.41) is 0. The third-order valence-electron chi connectivity index (χ3n) is 6.69. The van der Waals surface area contributed by atoms with Crippen LogP contribution in [0.4, 0.5) is 0 Å². The van der Waals surface area contributed by atoms with Crippen LogP contribution in [-0.2, 0) is 29.0 Å². The van der Waals surface area contributed by atoms with E-state index in [0.29, 0.717) is 42.1 Å². The number of ether oxygens (including phenoxy) is 3. The molecule has 1 aliphatic rings. The summed E-state index contributed by atoms with van der Waals surface area (Å²) in [5.41, 5.74) is 3.14. The Morgan fingerprint density at radius 1 is 0.786 bits per heavy atom. The largest absolute Gasteiger partial charge is 0.488 e. The number of esters is 1. The fourth-order valence-corrected chi connectivity index (χ4v) is 4.72. The number of para-hydroxylation sites is 2. The van der Waals surface area contributed by atoms with E-state index in [1.165, 1.54) is 4.90 Å². The maximum Gasteiger partial charge on any atom is 0.306 e. The smallest absolute Gasteiger partial charge is 0.306 e.